The predicted molar refractivity (Wildman–Crippen MR) is 45.5 cm³/mol. The quantitative estimate of drug-likeness (QED) is 0.355. The van der Waals surface area contributed by atoms with E-state index in [9.17, 15) is 14.8 Å². The van der Waals surface area contributed by atoms with Crippen molar-refractivity contribution < 1.29 is 38.9 Å². The molecule has 0 aliphatic carbocycles. The molecule has 5 N–H and O–H groups in total. The first-order valence-corrected chi connectivity index (χ1v) is 5.68. The van der Waals surface area contributed by atoms with Crippen molar-refractivity contribution in [2.75, 3.05) is 13.2 Å². The van der Waals surface area contributed by atoms with Crippen molar-refractivity contribution in [1.82, 2.24) is 0 Å². The van der Waals surface area contributed by atoms with Crippen LogP contribution in [0.4, 0.5) is 0 Å². The molecule has 9 heteroatoms. The highest BCUT2D eigenvalue weighted by atomic mass is 31.2. The van der Waals surface area contributed by atoms with Gasteiger partial charge in [0.15, 0.2) is 5.79 Å². The standard InChI is InChI=1S/C6H13O8P/c7-3-6(9)1-4(8)5(14-6)2-13-15(10,11)12/h4-5,7-9H,1-3H2,(H2,10,11,12)/t4-,5+,6?/m0/s1. The molecule has 0 spiro atoms. The van der Waals surface area contributed by atoms with Crippen LogP contribution in [-0.4, -0.2) is 56.3 Å². The van der Waals surface area contributed by atoms with Gasteiger partial charge >= 0.3 is 7.82 Å². The Balaban J connectivity index is 2.48. The highest BCUT2D eigenvalue weighted by Gasteiger charge is 2.44. The number of rotatable bonds is 4. The van der Waals surface area contributed by atoms with Gasteiger partial charge < -0.3 is 29.8 Å². The van der Waals surface area contributed by atoms with Gasteiger partial charge in [-0.05, 0) is 0 Å². The molecule has 1 rings (SSSR count). The molecule has 0 amide bonds. The van der Waals surface area contributed by atoms with Crippen molar-refractivity contribution >= 4 is 7.82 Å². The molecule has 0 aromatic rings. The van der Waals surface area contributed by atoms with Crippen LogP contribution in [-0.2, 0) is 13.8 Å². The van der Waals surface area contributed by atoms with E-state index in [-0.39, 0.29) is 6.42 Å². The molecule has 15 heavy (non-hydrogen) atoms. The summed E-state index contributed by atoms with van der Waals surface area (Å²) in [6.45, 7) is -1.27. The summed E-state index contributed by atoms with van der Waals surface area (Å²) >= 11 is 0. The Hall–Kier alpha value is -0.0500. The van der Waals surface area contributed by atoms with Gasteiger partial charge in [0, 0.05) is 6.42 Å². The van der Waals surface area contributed by atoms with Gasteiger partial charge in [0.25, 0.3) is 0 Å². The highest BCUT2D eigenvalue weighted by molar-refractivity contribution is 7.46. The normalized spacial score (nSPS) is 37.1. The van der Waals surface area contributed by atoms with Gasteiger partial charge in [-0.1, -0.05) is 0 Å². The average Bonchev–Trinajstić information content (AvgIpc) is 2.38. The van der Waals surface area contributed by atoms with Crippen LogP contribution in [0.1, 0.15) is 6.42 Å². The van der Waals surface area contributed by atoms with Crippen LogP contribution in [0.3, 0.4) is 0 Å². The minimum Gasteiger partial charge on any atom is -0.391 e. The summed E-state index contributed by atoms with van der Waals surface area (Å²) in [5, 5.41) is 27.4. The first-order chi connectivity index (χ1) is 6.76. The third-order valence-corrected chi connectivity index (χ3v) is 2.47. The van der Waals surface area contributed by atoms with Crippen LogP contribution in [0.5, 0.6) is 0 Å². The van der Waals surface area contributed by atoms with Gasteiger partial charge in [-0.2, -0.15) is 0 Å². The Labute approximate surface area is 85.3 Å². The SMILES string of the molecule is O=P(O)(O)OC[C@H]1OC(O)(CO)C[C@@H]1O. The third kappa shape index (κ3) is 3.78. The summed E-state index contributed by atoms with van der Waals surface area (Å²) in [5.74, 6) is -1.87. The maximum atomic E-state index is 10.3. The summed E-state index contributed by atoms with van der Waals surface area (Å²) in [4.78, 5) is 16.8. The molecule has 0 bridgehead atoms. The zero-order chi connectivity index (χ0) is 11.7. The van der Waals surface area contributed by atoms with Crippen LogP contribution in [0.25, 0.3) is 0 Å². The average molecular weight is 244 g/mol. The van der Waals surface area contributed by atoms with E-state index in [0.717, 1.165) is 0 Å². The van der Waals surface area contributed by atoms with Crippen LogP contribution in [0.2, 0.25) is 0 Å². The molecule has 0 aromatic heterocycles. The van der Waals surface area contributed by atoms with Crippen molar-refractivity contribution in [3.63, 3.8) is 0 Å². The van der Waals surface area contributed by atoms with E-state index in [0.29, 0.717) is 0 Å². The second kappa shape index (κ2) is 4.44. The number of phosphoric ester groups is 1. The number of aliphatic hydroxyl groups excluding tert-OH is 2. The Kier molecular flexibility index (Phi) is 3.85. The summed E-state index contributed by atoms with van der Waals surface area (Å²) in [6.07, 6.45) is -2.46. The molecule has 3 atom stereocenters. The largest absolute Gasteiger partial charge is 0.469 e. The molecular formula is C6H13O8P. The molecule has 8 nitrogen and oxygen atoms in total. The lowest BCUT2D eigenvalue weighted by Crippen LogP contribution is -2.33. The summed E-state index contributed by atoms with van der Waals surface area (Å²) in [5.41, 5.74) is 0. The van der Waals surface area contributed by atoms with Crippen molar-refractivity contribution in [2.24, 2.45) is 0 Å². The molecule has 1 heterocycles. The smallest absolute Gasteiger partial charge is 0.391 e. The zero-order valence-corrected chi connectivity index (χ0v) is 8.58. The van der Waals surface area contributed by atoms with Crippen molar-refractivity contribution in [3.8, 4) is 0 Å². The molecule has 1 aliphatic heterocycles. The van der Waals surface area contributed by atoms with E-state index in [1.165, 1.54) is 0 Å². The maximum absolute atomic E-state index is 10.3. The van der Waals surface area contributed by atoms with Crippen LogP contribution in [0, 0.1) is 0 Å². The molecule has 1 aliphatic rings. The van der Waals surface area contributed by atoms with E-state index < -0.39 is 39.0 Å². The third-order valence-electron chi connectivity index (χ3n) is 1.98. The molecule has 1 fully saturated rings. The van der Waals surface area contributed by atoms with Crippen LogP contribution in [0.15, 0.2) is 0 Å². The molecule has 1 saturated heterocycles. The van der Waals surface area contributed by atoms with Crippen LogP contribution >= 0.6 is 7.82 Å². The molecular weight excluding hydrogens is 231 g/mol. The Bertz CT molecular complexity index is 264. The number of ether oxygens (including phenoxy) is 1. The fraction of sp³-hybridized carbons (Fsp3) is 1.00. The minimum atomic E-state index is -4.63. The Morgan fingerprint density at radius 2 is 2.13 bits per heavy atom. The lowest BCUT2D eigenvalue weighted by molar-refractivity contribution is -0.216. The first kappa shape index (κ1) is 13.0. The Morgan fingerprint density at radius 3 is 2.53 bits per heavy atom. The van der Waals surface area contributed by atoms with Crippen molar-refractivity contribution in [1.29, 1.82) is 0 Å². The van der Waals surface area contributed by atoms with E-state index in [1.54, 1.807) is 0 Å². The fourth-order valence-electron chi connectivity index (χ4n) is 1.28. The Morgan fingerprint density at radius 1 is 1.53 bits per heavy atom. The van der Waals surface area contributed by atoms with E-state index in [2.05, 4.69) is 4.52 Å². The van der Waals surface area contributed by atoms with Crippen LogP contribution < -0.4 is 0 Å². The van der Waals surface area contributed by atoms with Gasteiger partial charge in [0.1, 0.15) is 6.10 Å². The van der Waals surface area contributed by atoms with Crippen molar-refractivity contribution in [2.45, 2.75) is 24.4 Å². The molecule has 1 unspecified atom stereocenters. The molecule has 90 valence electrons. The molecule has 0 radical (unpaired) electrons. The molecule has 0 saturated carbocycles. The minimum absolute atomic E-state index is 0.237. The first-order valence-electron chi connectivity index (χ1n) is 4.15. The second-order valence-electron chi connectivity index (χ2n) is 3.32. The van der Waals surface area contributed by atoms with Gasteiger partial charge in [-0.15, -0.1) is 0 Å². The highest BCUT2D eigenvalue weighted by Crippen LogP contribution is 2.38. The number of hydrogen-bond acceptors (Lipinski definition) is 6. The van der Waals surface area contributed by atoms with Gasteiger partial charge in [0.05, 0.1) is 19.3 Å². The van der Waals surface area contributed by atoms with Crippen molar-refractivity contribution in [3.05, 3.63) is 0 Å². The summed E-state index contributed by atoms with van der Waals surface area (Å²) in [7, 11) is -4.63. The lowest BCUT2D eigenvalue weighted by atomic mass is 10.1. The molecule has 0 aromatic carbocycles. The van der Waals surface area contributed by atoms with Gasteiger partial charge in [-0.3, -0.25) is 4.52 Å². The lowest BCUT2D eigenvalue weighted by Gasteiger charge is -2.19. The van der Waals surface area contributed by atoms with E-state index in [1.807, 2.05) is 0 Å². The summed E-state index contributed by atoms with van der Waals surface area (Å²) < 4.78 is 19.3. The number of hydrogen-bond donors (Lipinski definition) is 5. The summed E-state index contributed by atoms with van der Waals surface area (Å²) in [6, 6.07) is 0. The zero-order valence-electron chi connectivity index (χ0n) is 7.68. The van der Waals surface area contributed by atoms with Gasteiger partial charge in [-0.25, -0.2) is 4.57 Å². The van der Waals surface area contributed by atoms with E-state index in [4.69, 9.17) is 19.6 Å². The monoisotopic (exact) mass is 244 g/mol. The van der Waals surface area contributed by atoms with Gasteiger partial charge in [0.2, 0.25) is 0 Å². The maximum Gasteiger partial charge on any atom is 0.469 e. The number of phosphoric acid groups is 1. The topological polar surface area (TPSA) is 137 Å². The van der Waals surface area contributed by atoms with E-state index >= 15 is 0 Å². The second-order valence-corrected chi connectivity index (χ2v) is 4.56. The fourth-order valence-corrected chi connectivity index (χ4v) is 1.63. The number of aliphatic hydroxyl groups is 3. The predicted octanol–water partition coefficient (Wildman–Crippen LogP) is -2.07.